The Kier molecular flexibility index (Phi) is 6.16. The Bertz CT molecular complexity index is 1500. The maximum Gasteiger partial charge on any atom is 0.403 e. The van der Waals surface area contributed by atoms with E-state index in [1.807, 2.05) is 24.3 Å². The Hall–Kier alpha value is -4.15. The van der Waals surface area contributed by atoms with Gasteiger partial charge in [-0.25, -0.2) is 14.4 Å². The van der Waals surface area contributed by atoms with Crippen molar-refractivity contribution in [3.05, 3.63) is 66.7 Å². The average Bonchev–Trinajstić information content (AvgIpc) is 3.31. The molecule has 202 valence electrons. The summed E-state index contributed by atoms with van der Waals surface area (Å²) in [7, 11) is 0. The molecule has 6 rings (SSSR count). The first kappa shape index (κ1) is 25.1. The van der Waals surface area contributed by atoms with Gasteiger partial charge in [-0.15, -0.1) is 0 Å². The fourth-order valence-electron chi connectivity index (χ4n) is 5.38. The van der Waals surface area contributed by atoms with Gasteiger partial charge in [0.05, 0.1) is 5.69 Å². The number of nitrogens with zero attached hydrogens (tertiary/aromatic N) is 4. The van der Waals surface area contributed by atoms with Gasteiger partial charge in [0.2, 0.25) is 11.9 Å². The molecule has 39 heavy (non-hydrogen) atoms. The van der Waals surface area contributed by atoms with Crippen LogP contribution in [0.5, 0.6) is 0 Å². The third-order valence-corrected chi connectivity index (χ3v) is 7.79. The highest BCUT2D eigenvalue weighted by atomic mass is 19.4. The molecule has 1 aliphatic carbocycles. The van der Waals surface area contributed by atoms with Crippen LogP contribution in [0.2, 0.25) is 0 Å². The number of carbonyl (C=O) groups excluding carboxylic acids is 1. The van der Waals surface area contributed by atoms with Gasteiger partial charge in [-0.2, -0.15) is 13.2 Å². The van der Waals surface area contributed by atoms with Crippen LogP contribution in [0.25, 0.3) is 22.2 Å². The van der Waals surface area contributed by atoms with Crippen molar-refractivity contribution >= 4 is 34.1 Å². The molecule has 1 saturated heterocycles. The summed E-state index contributed by atoms with van der Waals surface area (Å²) in [6.45, 7) is 1.44. The van der Waals surface area contributed by atoms with Gasteiger partial charge in [0.1, 0.15) is 11.2 Å². The van der Waals surface area contributed by atoms with E-state index >= 15 is 0 Å². The lowest BCUT2D eigenvalue weighted by atomic mass is 9.67. The van der Waals surface area contributed by atoms with Gasteiger partial charge in [0, 0.05) is 66.4 Å². The van der Waals surface area contributed by atoms with Gasteiger partial charge >= 0.3 is 6.18 Å². The fraction of sp³-hybridized carbons (Fsp3) is 0.321. The minimum absolute atomic E-state index is 0.114. The van der Waals surface area contributed by atoms with Crippen molar-refractivity contribution in [1.29, 1.82) is 0 Å². The molecule has 4 aromatic rings. The summed E-state index contributed by atoms with van der Waals surface area (Å²) in [5, 5.41) is 3.91. The van der Waals surface area contributed by atoms with Gasteiger partial charge in [0.25, 0.3) is 0 Å². The number of alkyl halides is 3. The zero-order chi connectivity index (χ0) is 27.2. The fourth-order valence-corrected chi connectivity index (χ4v) is 5.38. The van der Waals surface area contributed by atoms with Crippen LogP contribution in [0.3, 0.4) is 0 Å². The summed E-state index contributed by atoms with van der Waals surface area (Å²) in [4.78, 5) is 28.2. The predicted octanol–water partition coefficient (Wildman–Crippen LogP) is 5.89. The number of fused-ring (bicyclic) bond motifs is 1. The van der Waals surface area contributed by atoms with E-state index in [9.17, 15) is 22.4 Å². The van der Waals surface area contributed by atoms with Crippen molar-refractivity contribution in [1.82, 2.24) is 19.9 Å². The predicted molar refractivity (Wildman–Crippen MR) is 140 cm³/mol. The largest absolute Gasteiger partial charge is 0.403 e. The Balaban J connectivity index is 1.10. The molecule has 1 aliphatic heterocycles. The standard InChI is InChI=1S/C28H26F4N6O/c29-18-2-7-23-21(16-18)22(17-34-23)24-8-11-33-26(36-24)35-19-3-5-20(6-4-19)37-12-14-38(15-13-37)25(39)27(9-1-10-27)28(30,31)32/h2-8,11,16-17,34H,1,9-10,12-15H2,(H,33,35,36). The van der Waals surface area contributed by atoms with E-state index in [4.69, 9.17) is 0 Å². The number of aromatic nitrogens is 3. The molecule has 2 aliphatic rings. The van der Waals surface area contributed by atoms with E-state index in [-0.39, 0.29) is 31.7 Å². The van der Waals surface area contributed by atoms with Gasteiger partial charge in [-0.3, -0.25) is 4.79 Å². The Morgan fingerprint density at radius 2 is 1.74 bits per heavy atom. The first-order valence-corrected chi connectivity index (χ1v) is 12.8. The molecule has 0 bridgehead atoms. The van der Waals surface area contributed by atoms with Crippen LogP contribution >= 0.6 is 0 Å². The number of benzene rings is 2. The molecule has 1 saturated carbocycles. The summed E-state index contributed by atoms with van der Waals surface area (Å²) in [5.74, 6) is -0.722. The molecular weight excluding hydrogens is 512 g/mol. The van der Waals surface area contributed by atoms with Gasteiger partial charge in [0.15, 0.2) is 0 Å². The number of nitrogens with one attached hydrogen (secondary N) is 2. The topological polar surface area (TPSA) is 77.2 Å². The molecule has 0 unspecified atom stereocenters. The van der Waals surface area contributed by atoms with Crippen molar-refractivity contribution in [2.45, 2.75) is 25.4 Å². The second-order valence-corrected chi connectivity index (χ2v) is 10.0. The monoisotopic (exact) mass is 538 g/mol. The number of halogens is 4. The number of piperazine rings is 1. The molecular formula is C28H26F4N6O. The van der Waals surface area contributed by atoms with E-state index in [0.29, 0.717) is 31.2 Å². The van der Waals surface area contributed by atoms with Crippen LogP contribution in [-0.2, 0) is 4.79 Å². The summed E-state index contributed by atoms with van der Waals surface area (Å²) in [5.41, 5.74) is 1.70. The van der Waals surface area contributed by atoms with Crippen molar-refractivity contribution < 1.29 is 22.4 Å². The molecule has 2 aromatic carbocycles. The highest BCUT2D eigenvalue weighted by Gasteiger charge is 2.64. The van der Waals surface area contributed by atoms with Crippen molar-refractivity contribution in [2.24, 2.45) is 5.41 Å². The minimum Gasteiger partial charge on any atom is -0.368 e. The van der Waals surface area contributed by atoms with Gasteiger partial charge < -0.3 is 20.1 Å². The van der Waals surface area contributed by atoms with E-state index < -0.39 is 17.5 Å². The van der Waals surface area contributed by atoms with Gasteiger partial charge in [-0.1, -0.05) is 6.42 Å². The number of rotatable bonds is 5. The van der Waals surface area contributed by atoms with Crippen LogP contribution in [0.15, 0.2) is 60.9 Å². The number of amides is 1. The third kappa shape index (κ3) is 4.55. The quantitative estimate of drug-likeness (QED) is 0.310. The number of hydrogen-bond donors (Lipinski definition) is 2. The molecule has 0 atom stereocenters. The summed E-state index contributed by atoms with van der Waals surface area (Å²) in [6, 6.07) is 13.9. The molecule has 3 heterocycles. The highest BCUT2D eigenvalue weighted by Crippen LogP contribution is 2.54. The van der Waals surface area contributed by atoms with E-state index in [1.54, 1.807) is 24.5 Å². The third-order valence-electron chi connectivity index (χ3n) is 7.79. The molecule has 2 aromatic heterocycles. The second kappa shape index (κ2) is 9.55. The Morgan fingerprint density at radius 3 is 2.41 bits per heavy atom. The summed E-state index contributed by atoms with van der Waals surface area (Å²) in [6.07, 6.45) is -0.880. The number of hydrogen-bond acceptors (Lipinski definition) is 5. The average molecular weight is 539 g/mol. The van der Waals surface area contributed by atoms with Crippen molar-refractivity contribution in [3.8, 4) is 11.3 Å². The molecule has 7 nitrogen and oxygen atoms in total. The van der Waals surface area contributed by atoms with Crippen molar-refractivity contribution in [3.63, 3.8) is 0 Å². The van der Waals surface area contributed by atoms with Crippen molar-refractivity contribution in [2.75, 3.05) is 36.4 Å². The smallest absolute Gasteiger partial charge is 0.368 e. The number of carbonyl (C=O) groups is 1. The second-order valence-electron chi connectivity index (χ2n) is 10.0. The van der Waals surface area contributed by atoms with Crippen LogP contribution < -0.4 is 10.2 Å². The highest BCUT2D eigenvalue weighted by molar-refractivity contribution is 5.94. The summed E-state index contributed by atoms with van der Waals surface area (Å²) >= 11 is 0. The van der Waals surface area contributed by atoms with Crippen LogP contribution in [0.4, 0.5) is 34.9 Å². The Labute approximate surface area is 221 Å². The normalized spacial score (nSPS) is 17.2. The lowest BCUT2D eigenvalue weighted by Gasteiger charge is -2.46. The zero-order valence-electron chi connectivity index (χ0n) is 20.9. The minimum atomic E-state index is -4.50. The SMILES string of the molecule is O=C(N1CCN(c2ccc(Nc3nccc(-c4c[nH]c5ccc(F)cc45)n3)cc2)CC1)C1(C(F)(F)F)CCC1. The van der Waals surface area contributed by atoms with Crippen LogP contribution in [0.1, 0.15) is 19.3 Å². The van der Waals surface area contributed by atoms with Gasteiger partial charge in [-0.05, 0) is 61.4 Å². The molecule has 0 radical (unpaired) electrons. The molecule has 2 fully saturated rings. The lowest BCUT2D eigenvalue weighted by Crippen LogP contribution is -2.59. The maximum atomic E-state index is 13.8. The zero-order valence-corrected chi connectivity index (χ0v) is 20.9. The number of anilines is 3. The molecule has 1 amide bonds. The number of H-pyrrole nitrogens is 1. The maximum absolute atomic E-state index is 13.8. The van der Waals surface area contributed by atoms with Crippen LogP contribution in [0, 0.1) is 11.2 Å². The van der Waals surface area contributed by atoms with Crippen LogP contribution in [-0.4, -0.2) is 58.1 Å². The number of aromatic amines is 1. The first-order valence-electron chi connectivity index (χ1n) is 12.8. The molecule has 11 heteroatoms. The first-order chi connectivity index (χ1) is 18.7. The molecule has 2 N–H and O–H groups in total. The molecule has 0 spiro atoms. The lowest BCUT2D eigenvalue weighted by molar-refractivity contribution is -0.248. The van der Waals surface area contributed by atoms with E-state index in [0.717, 1.165) is 27.8 Å². The summed E-state index contributed by atoms with van der Waals surface area (Å²) < 4.78 is 54.5. The Morgan fingerprint density at radius 1 is 1.00 bits per heavy atom. The van der Waals surface area contributed by atoms with E-state index in [1.165, 1.54) is 17.0 Å². The van der Waals surface area contributed by atoms with E-state index in [2.05, 4.69) is 25.2 Å².